The Morgan fingerprint density at radius 2 is 1.96 bits per heavy atom. The Hall–Kier alpha value is -2.88. The van der Waals surface area contributed by atoms with Crippen LogP contribution in [0.2, 0.25) is 0 Å². The molecule has 138 valence electrons. The van der Waals surface area contributed by atoms with Crippen LogP contribution < -0.4 is 10.7 Å². The van der Waals surface area contributed by atoms with Crippen LogP contribution >= 0.6 is 0 Å². The van der Waals surface area contributed by atoms with Gasteiger partial charge in [0.05, 0.1) is 5.52 Å². The third-order valence-corrected chi connectivity index (χ3v) is 5.36. The molecule has 0 spiro atoms. The van der Waals surface area contributed by atoms with E-state index < -0.39 is 0 Å². The first-order valence-electron chi connectivity index (χ1n) is 9.63. The molecule has 0 saturated heterocycles. The van der Waals surface area contributed by atoms with Crippen molar-refractivity contribution in [3.63, 3.8) is 0 Å². The van der Waals surface area contributed by atoms with E-state index in [2.05, 4.69) is 28.1 Å². The maximum Gasteiger partial charge on any atom is 0.256 e. The molecular formula is C23H24N2O2. The summed E-state index contributed by atoms with van der Waals surface area (Å²) in [6.07, 6.45) is 5.49. The van der Waals surface area contributed by atoms with Crippen LogP contribution in [-0.4, -0.2) is 16.5 Å². The highest BCUT2D eigenvalue weighted by atomic mass is 16.2. The van der Waals surface area contributed by atoms with Crippen molar-refractivity contribution in [2.24, 2.45) is 0 Å². The van der Waals surface area contributed by atoms with Crippen LogP contribution in [0.25, 0.3) is 10.9 Å². The Balaban J connectivity index is 1.54. The molecule has 1 aromatic heterocycles. The number of nitrogens with one attached hydrogen (secondary N) is 1. The van der Waals surface area contributed by atoms with Gasteiger partial charge in [0.2, 0.25) is 5.43 Å². The summed E-state index contributed by atoms with van der Waals surface area (Å²) >= 11 is 0. The fraction of sp³-hybridized carbons (Fsp3) is 0.304. The number of aromatic nitrogens is 1. The average molecular weight is 360 g/mol. The summed E-state index contributed by atoms with van der Waals surface area (Å²) in [5, 5.41) is 3.65. The van der Waals surface area contributed by atoms with Crippen LogP contribution in [0.3, 0.4) is 0 Å². The molecule has 1 aliphatic rings. The van der Waals surface area contributed by atoms with E-state index in [1.165, 1.54) is 11.1 Å². The second kappa shape index (κ2) is 7.39. The number of hydrogen-bond acceptors (Lipinski definition) is 2. The van der Waals surface area contributed by atoms with E-state index in [1.54, 1.807) is 6.20 Å². The van der Waals surface area contributed by atoms with Gasteiger partial charge >= 0.3 is 0 Å². The summed E-state index contributed by atoms with van der Waals surface area (Å²) in [4.78, 5) is 25.7. The summed E-state index contributed by atoms with van der Waals surface area (Å²) in [6.45, 7) is 2.83. The van der Waals surface area contributed by atoms with Gasteiger partial charge in [-0.2, -0.15) is 0 Å². The fourth-order valence-corrected chi connectivity index (χ4v) is 3.92. The van der Waals surface area contributed by atoms with Gasteiger partial charge in [0, 0.05) is 24.2 Å². The number of carbonyl (C=O) groups excluding carboxylic acids is 1. The summed E-state index contributed by atoms with van der Waals surface area (Å²) in [7, 11) is 0. The minimum atomic E-state index is -0.276. The van der Waals surface area contributed by atoms with Crippen molar-refractivity contribution in [2.75, 3.05) is 0 Å². The summed E-state index contributed by atoms with van der Waals surface area (Å²) in [6, 6.07) is 16.0. The number of para-hydroxylation sites is 1. The quantitative estimate of drug-likeness (QED) is 0.754. The normalized spacial score (nSPS) is 14.1. The van der Waals surface area contributed by atoms with Gasteiger partial charge in [0.1, 0.15) is 5.56 Å². The van der Waals surface area contributed by atoms with Gasteiger partial charge in [-0.3, -0.25) is 9.59 Å². The predicted octanol–water partition coefficient (Wildman–Crippen LogP) is 3.70. The highest BCUT2D eigenvalue weighted by Gasteiger charge is 2.20. The molecule has 2 heterocycles. The molecule has 0 aliphatic carbocycles. The molecule has 0 fully saturated rings. The lowest BCUT2D eigenvalue weighted by Gasteiger charge is -2.21. The minimum absolute atomic E-state index is 0.000457. The van der Waals surface area contributed by atoms with Crippen LogP contribution in [0.5, 0.6) is 0 Å². The smallest absolute Gasteiger partial charge is 0.256 e. The average Bonchev–Trinajstić information content (AvgIpc) is 2.70. The standard InChI is InChI=1S/C23H24N2O2/c1-16(12-13-17-7-3-2-4-8-17)24-23(27)20-15-25-14-6-10-18-9-5-11-19(21(18)25)22(20)26/h2-5,7-9,11,15-16H,6,10,12-14H2,1H3,(H,24,27). The van der Waals surface area contributed by atoms with Crippen molar-refractivity contribution >= 4 is 16.8 Å². The molecule has 1 aliphatic heterocycles. The molecule has 0 radical (unpaired) electrons. The van der Waals surface area contributed by atoms with Crippen molar-refractivity contribution in [1.82, 2.24) is 9.88 Å². The molecule has 4 rings (SSSR count). The van der Waals surface area contributed by atoms with Crippen molar-refractivity contribution in [2.45, 2.75) is 45.2 Å². The minimum Gasteiger partial charge on any atom is -0.349 e. The first-order valence-corrected chi connectivity index (χ1v) is 9.63. The molecule has 0 saturated carbocycles. The summed E-state index contributed by atoms with van der Waals surface area (Å²) < 4.78 is 2.07. The molecule has 2 aromatic carbocycles. The molecule has 0 bridgehead atoms. The fourth-order valence-electron chi connectivity index (χ4n) is 3.92. The van der Waals surface area contributed by atoms with Crippen LogP contribution in [0.15, 0.2) is 59.5 Å². The van der Waals surface area contributed by atoms with Gasteiger partial charge in [-0.15, -0.1) is 0 Å². The van der Waals surface area contributed by atoms with E-state index in [4.69, 9.17) is 0 Å². The van der Waals surface area contributed by atoms with E-state index in [-0.39, 0.29) is 22.9 Å². The zero-order valence-electron chi connectivity index (χ0n) is 15.6. The second-order valence-electron chi connectivity index (χ2n) is 7.38. The van der Waals surface area contributed by atoms with Gasteiger partial charge in [-0.1, -0.05) is 42.5 Å². The molecule has 1 N–H and O–H groups in total. The van der Waals surface area contributed by atoms with Gasteiger partial charge in [-0.05, 0) is 49.8 Å². The zero-order chi connectivity index (χ0) is 18.8. The van der Waals surface area contributed by atoms with E-state index in [0.29, 0.717) is 5.39 Å². The summed E-state index contributed by atoms with van der Waals surface area (Å²) in [5.41, 5.74) is 3.51. The van der Waals surface area contributed by atoms with Crippen LogP contribution in [0, 0.1) is 0 Å². The third-order valence-electron chi connectivity index (χ3n) is 5.36. The van der Waals surface area contributed by atoms with Crippen molar-refractivity contribution in [3.05, 3.63) is 81.6 Å². The monoisotopic (exact) mass is 360 g/mol. The van der Waals surface area contributed by atoms with Crippen molar-refractivity contribution < 1.29 is 4.79 Å². The van der Waals surface area contributed by atoms with Gasteiger partial charge in [0.25, 0.3) is 5.91 Å². The number of aryl methyl sites for hydroxylation is 3. The van der Waals surface area contributed by atoms with Crippen molar-refractivity contribution in [1.29, 1.82) is 0 Å². The molecule has 1 amide bonds. The number of amides is 1. The number of rotatable bonds is 5. The van der Waals surface area contributed by atoms with Gasteiger partial charge in [0.15, 0.2) is 0 Å². The van der Waals surface area contributed by atoms with Crippen LogP contribution in [0.1, 0.15) is 41.3 Å². The Labute approximate surface area is 158 Å². The number of carbonyl (C=O) groups is 1. The Morgan fingerprint density at radius 3 is 2.78 bits per heavy atom. The van der Waals surface area contributed by atoms with Crippen LogP contribution in [0.4, 0.5) is 0 Å². The molecule has 3 aromatic rings. The lowest BCUT2D eigenvalue weighted by Crippen LogP contribution is -2.36. The SMILES string of the molecule is CC(CCc1ccccc1)NC(=O)c1cn2c3c(cccc3c1=O)CCC2. The van der Waals surface area contributed by atoms with Gasteiger partial charge in [-0.25, -0.2) is 0 Å². The molecule has 27 heavy (non-hydrogen) atoms. The van der Waals surface area contributed by atoms with Crippen LogP contribution in [-0.2, 0) is 19.4 Å². The zero-order valence-corrected chi connectivity index (χ0v) is 15.6. The predicted molar refractivity (Wildman–Crippen MR) is 108 cm³/mol. The van der Waals surface area contributed by atoms with E-state index >= 15 is 0 Å². The lowest BCUT2D eigenvalue weighted by atomic mass is 9.99. The Morgan fingerprint density at radius 1 is 1.15 bits per heavy atom. The lowest BCUT2D eigenvalue weighted by molar-refractivity contribution is 0.0936. The molecule has 4 heteroatoms. The Bertz CT molecular complexity index is 1040. The number of pyridine rings is 1. The number of benzene rings is 2. The van der Waals surface area contributed by atoms with E-state index in [1.807, 2.05) is 37.3 Å². The first kappa shape index (κ1) is 17.5. The number of nitrogens with zero attached hydrogens (tertiary/aromatic N) is 1. The number of hydrogen-bond donors (Lipinski definition) is 1. The van der Waals surface area contributed by atoms with E-state index in [0.717, 1.165) is 37.7 Å². The van der Waals surface area contributed by atoms with E-state index in [9.17, 15) is 9.59 Å². The highest BCUT2D eigenvalue weighted by molar-refractivity contribution is 5.98. The largest absolute Gasteiger partial charge is 0.349 e. The topological polar surface area (TPSA) is 51.1 Å². The second-order valence-corrected chi connectivity index (χ2v) is 7.38. The molecular weight excluding hydrogens is 336 g/mol. The van der Waals surface area contributed by atoms with Gasteiger partial charge < -0.3 is 9.88 Å². The third kappa shape index (κ3) is 3.52. The first-order chi connectivity index (χ1) is 13.1. The molecule has 4 nitrogen and oxygen atoms in total. The van der Waals surface area contributed by atoms with Crippen molar-refractivity contribution in [3.8, 4) is 0 Å². The molecule has 1 unspecified atom stereocenters. The highest BCUT2D eigenvalue weighted by Crippen LogP contribution is 2.23. The molecule has 1 atom stereocenters. The summed E-state index contributed by atoms with van der Waals surface area (Å²) in [5.74, 6) is -0.276. The Kier molecular flexibility index (Phi) is 4.80. The maximum atomic E-state index is 12.9. The maximum absolute atomic E-state index is 12.9.